The number of carboxylic acids is 1. The van der Waals surface area contributed by atoms with Crippen LogP contribution in [0.2, 0.25) is 0 Å². The second kappa shape index (κ2) is 11.3. The molecular weight excluding hydrogens is 585 g/mol. The molecule has 4 N–H and O–H groups in total. The van der Waals surface area contributed by atoms with Gasteiger partial charge in [0.05, 0.1) is 5.38 Å². The molecule has 0 radical (unpaired) electrons. The van der Waals surface area contributed by atoms with E-state index in [9.17, 15) is 24.7 Å². The number of thiazole rings is 2. The van der Waals surface area contributed by atoms with Gasteiger partial charge in [-0.25, -0.2) is 9.78 Å². The highest BCUT2D eigenvalue weighted by Gasteiger charge is 2.54. The Labute approximate surface area is 238 Å². The minimum absolute atomic E-state index is 0.128. The van der Waals surface area contributed by atoms with Crippen molar-refractivity contribution in [3.8, 4) is 11.3 Å². The molecule has 2 aliphatic heterocycles. The van der Waals surface area contributed by atoms with E-state index in [0.717, 1.165) is 21.6 Å². The van der Waals surface area contributed by atoms with Crippen LogP contribution in [-0.2, 0) is 19.2 Å². The van der Waals surface area contributed by atoms with Crippen LogP contribution >= 0.6 is 46.2 Å². The molecule has 1 aromatic carbocycles. The molecule has 16 heteroatoms. The first kappa shape index (κ1) is 27.0. The Hall–Kier alpha value is -3.60. The van der Waals surface area contributed by atoms with Crippen molar-refractivity contribution in [3.63, 3.8) is 0 Å². The fourth-order valence-electron chi connectivity index (χ4n) is 4.03. The summed E-state index contributed by atoms with van der Waals surface area (Å²) in [4.78, 5) is 48.1. The van der Waals surface area contributed by atoms with Crippen LogP contribution < -0.4 is 15.8 Å². The van der Waals surface area contributed by atoms with Crippen molar-refractivity contribution in [3.05, 3.63) is 63.3 Å². The van der Waals surface area contributed by atoms with Gasteiger partial charge < -0.3 is 26.2 Å². The van der Waals surface area contributed by atoms with Crippen LogP contribution in [-0.4, -0.2) is 68.5 Å². The number of benzene rings is 1. The number of fused-ring (bicyclic) bond motifs is 1. The Morgan fingerprint density at radius 3 is 2.77 bits per heavy atom. The number of carbonyl (C=O) groups excluding carboxylic acids is 2. The average molecular weight is 605 g/mol. The van der Waals surface area contributed by atoms with Crippen molar-refractivity contribution in [2.24, 2.45) is 5.16 Å². The summed E-state index contributed by atoms with van der Waals surface area (Å²) in [6.45, 7) is 0. The maximum atomic E-state index is 13.0. The lowest BCUT2D eigenvalue weighted by atomic mass is 10.0. The number of nitrogens with zero attached hydrogens (tertiary/aromatic N) is 4. The highest BCUT2D eigenvalue weighted by Crippen LogP contribution is 2.42. The molecule has 0 spiro atoms. The Balaban J connectivity index is 1.30. The summed E-state index contributed by atoms with van der Waals surface area (Å²) >= 11 is 4.94. The largest absolute Gasteiger partial charge is 0.617 e. The number of β-lactam (4-membered cyclic amide) rings is 1. The zero-order valence-electron chi connectivity index (χ0n) is 20.1. The summed E-state index contributed by atoms with van der Waals surface area (Å²) in [6.07, 6.45) is 0. The Morgan fingerprint density at radius 2 is 2.10 bits per heavy atom. The van der Waals surface area contributed by atoms with Gasteiger partial charge in [-0.1, -0.05) is 34.7 Å². The van der Waals surface area contributed by atoms with E-state index in [-0.39, 0.29) is 28.0 Å². The van der Waals surface area contributed by atoms with Crippen LogP contribution in [0.3, 0.4) is 0 Å². The van der Waals surface area contributed by atoms with E-state index in [1.807, 2.05) is 30.3 Å². The molecule has 202 valence electrons. The summed E-state index contributed by atoms with van der Waals surface area (Å²) in [5.41, 5.74) is 7.38. The minimum atomic E-state index is -1.25. The fourth-order valence-corrected chi connectivity index (χ4v) is 8.04. The van der Waals surface area contributed by atoms with Crippen LogP contribution in [0.25, 0.3) is 11.3 Å². The number of carboxylic acid groups (broad SMARTS) is 1. The first-order valence-electron chi connectivity index (χ1n) is 11.2. The molecule has 5 rings (SSSR count). The molecule has 2 amide bonds. The molecule has 1 saturated heterocycles. The molecule has 3 aromatic rings. The average Bonchev–Trinajstić information content (AvgIpc) is 3.53. The summed E-state index contributed by atoms with van der Waals surface area (Å²) in [6, 6.07) is 8.28. The molecule has 12 nitrogen and oxygen atoms in total. The number of aliphatic carboxylic acids is 1. The molecule has 0 unspecified atom stereocenters. The topological polar surface area (TPSA) is 174 Å². The first-order valence-corrected chi connectivity index (χ1v) is 15.0. The third kappa shape index (κ3) is 5.19. The molecule has 0 saturated carbocycles. The van der Waals surface area contributed by atoms with Gasteiger partial charge in [-0.05, 0) is 29.5 Å². The monoisotopic (exact) mass is 604 g/mol. The third-order valence-electron chi connectivity index (χ3n) is 5.79. The Kier molecular flexibility index (Phi) is 7.79. The van der Waals surface area contributed by atoms with Gasteiger partial charge in [0, 0.05) is 22.4 Å². The molecule has 2 atom stereocenters. The lowest BCUT2D eigenvalue weighted by Crippen LogP contribution is -2.71. The van der Waals surface area contributed by atoms with Crippen molar-refractivity contribution in [2.75, 3.05) is 24.3 Å². The summed E-state index contributed by atoms with van der Waals surface area (Å²) in [5, 5.41) is 32.0. The van der Waals surface area contributed by atoms with Crippen molar-refractivity contribution < 1.29 is 29.1 Å². The molecule has 2 aliphatic rings. The number of carbonyl (C=O) groups is 3. The number of nitrogen functional groups attached to an aromatic ring is 1. The SMILES string of the molecule is CON=C(C(=O)N[C@@H]1C(=O)N2C(C(=O)O)=C(CSc3scc(-c4ccccc4)[n+]3[O-])CS[C@@H]12)c1csc(N)n1. The number of nitrogens with one attached hydrogen (secondary N) is 1. The van der Waals surface area contributed by atoms with E-state index in [2.05, 4.69) is 15.5 Å². The number of hydrogen-bond donors (Lipinski definition) is 3. The van der Waals surface area contributed by atoms with Gasteiger partial charge in [-0.2, -0.15) is 0 Å². The molecule has 0 bridgehead atoms. The van der Waals surface area contributed by atoms with Crippen molar-refractivity contribution in [1.82, 2.24) is 15.2 Å². The lowest BCUT2D eigenvalue weighted by Gasteiger charge is -2.49. The number of rotatable bonds is 9. The standard InChI is InChI=1S/C23H20N6O6S4/c1-35-27-15(13-9-37-22(24)25-13)18(30)26-16-19(31)28-17(21(32)33)12(7-36-20(16)28)8-38-23-29(34)14(10-39-23)11-5-3-2-4-6-11/h2-6,9-10,16,20H,7-8H2,1H3,(H2,24,25)(H,26,30)(H,32,33)/t16-,20+/m1/s1. The molecule has 39 heavy (non-hydrogen) atoms. The van der Waals surface area contributed by atoms with Crippen molar-refractivity contribution in [2.45, 2.75) is 15.8 Å². The molecule has 1 fully saturated rings. The first-order chi connectivity index (χ1) is 18.8. The van der Waals surface area contributed by atoms with Gasteiger partial charge in [-0.15, -0.1) is 27.8 Å². The number of amides is 2. The maximum absolute atomic E-state index is 13.0. The Morgan fingerprint density at radius 1 is 1.33 bits per heavy atom. The van der Waals surface area contributed by atoms with E-state index in [0.29, 0.717) is 21.4 Å². The zero-order valence-corrected chi connectivity index (χ0v) is 23.4. The van der Waals surface area contributed by atoms with Crippen LogP contribution in [0.1, 0.15) is 5.69 Å². The minimum Gasteiger partial charge on any atom is -0.617 e. The van der Waals surface area contributed by atoms with Crippen LogP contribution in [0.5, 0.6) is 0 Å². The van der Waals surface area contributed by atoms with Crippen LogP contribution in [0.15, 0.2) is 61.9 Å². The number of anilines is 1. The van der Waals surface area contributed by atoms with Crippen LogP contribution in [0.4, 0.5) is 5.13 Å². The lowest BCUT2D eigenvalue weighted by molar-refractivity contribution is -0.626. The van der Waals surface area contributed by atoms with Gasteiger partial charge in [0.2, 0.25) is 5.69 Å². The zero-order chi connectivity index (χ0) is 27.7. The maximum Gasteiger partial charge on any atom is 0.352 e. The molecule has 0 aliphatic carbocycles. The molecular formula is C23H20N6O6S4. The summed E-state index contributed by atoms with van der Waals surface area (Å²) < 4.78 is 1.30. The fraction of sp³-hybridized carbons (Fsp3) is 0.217. The Bertz CT molecular complexity index is 1500. The normalized spacial score (nSPS) is 18.9. The number of oxime groups is 1. The van der Waals surface area contributed by atoms with E-state index in [1.54, 1.807) is 5.38 Å². The van der Waals surface area contributed by atoms with Gasteiger partial charge >= 0.3 is 10.3 Å². The van der Waals surface area contributed by atoms with Gasteiger partial charge in [0.1, 0.15) is 29.9 Å². The molecule has 4 heterocycles. The predicted molar refractivity (Wildman–Crippen MR) is 149 cm³/mol. The highest BCUT2D eigenvalue weighted by atomic mass is 32.2. The second-order valence-corrected chi connectivity index (χ2v) is 12.2. The van der Waals surface area contributed by atoms with E-state index < -0.39 is 29.2 Å². The van der Waals surface area contributed by atoms with Crippen LogP contribution in [0, 0.1) is 5.21 Å². The van der Waals surface area contributed by atoms with Crippen molar-refractivity contribution >= 4 is 74.8 Å². The van der Waals surface area contributed by atoms with Gasteiger partial charge in [0.25, 0.3) is 11.8 Å². The van der Waals surface area contributed by atoms with E-state index in [1.165, 1.54) is 52.3 Å². The van der Waals surface area contributed by atoms with E-state index >= 15 is 0 Å². The summed E-state index contributed by atoms with van der Waals surface area (Å²) in [7, 11) is 1.27. The smallest absolute Gasteiger partial charge is 0.352 e. The number of nitrogens with two attached hydrogens (primary N) is 1. The molecule has 2 aromatic heterocycles. The number of aromatic nitrogens is 2. The quantitative estimate of drug-likeness (QED) is 0.0818. The summed E-state index contributed by atoms with van der Waals surface area (Å²) in [5.74, 6) is -1.98. The third-order valence-corrected chi connectivity index (χ3v) is 10.1. The number of hydrogen-bond acceptors (Lipinski definition) is 12. The van der Waals surface area contributed by atoms with E-state index in [4.69, 9.17) is 10.6 Å². The predicted octanol–water partition coefficient (Wildman–Crippen LogP) is 1.97. The number of thioether (sulfide) groups is 2. The highest BCUT2D eigenvalue weighted by molar-refractivity contribution is 8.01. The van der Waals surface area contributed by atoms with Crippen molar-refractivity contribution in [1.29, 1.82) is 0 Å². The van der Waals surface area contributed by atoms with Gasteiger partial charge in [-0.3, -0.25) is 14.5 Å². The second-order valence-electron chi connectivity index (χ2n) is 8.15. The van der Waals surface area contributed by atoms with Gasteiger partial charge in [0.15, 0.2) is 10.8 Å².